The first kappa shape index (κ1) is 7.26. The number of hydrogen-bond acceptors (Lipinski definition) is 2. The van der Waals surface area contributed by atoms with Crippen LogP contribution in [0.4, 0.5) is 0 Å². The molecule has 0 radical (unpaired) electrons. The molecule has 3 rings (SSSR count). The Kier molecular flexibility index (Phi) is 1.35. The summed E-state index contributed by atoms with van der Waals surface area (Å²) in [5, 5.41) is 1.12. The molecule has 0 unspecified atom stereocenters. The van der Waals surface area contributed by atoms with Gasteiger partial charge >= 0.3 is 0 Å². The Morgan fingerprint density at radius 2 is 2.31 bits per heavy atom. The summed E-state index contributed by atoms with van der Waals surface area (Å²) in [6.07, 6.45) is 1.89. The average Bonchev–Trinajstić information content (AvgIpc) is 2.71. The minimum atomic E-state index is 0.306. The van der Waals surface area contributed by atoms with Crippen LogP contribution in [0.2, 0.25) is 0 Å². The van der Waals surface area contributed by atoms with Gasteiger partial charge in [-0.05, 0) is 28.1 Å². The maximum absolute atomic E-state index is 5.32. The van der Waals surface area contributed by atoms with Crippen molar-refractivity contribution in [2.24, 2.45) is 0 Å². The van der Waals surface area contributed by atoms with Gasteiger partial charge in [0.2, 0.25) is 6.79 Å². The van der Waals surface area contributed by atoms with Gasteiger partial charge in [0.1, 0.15) is 0 Å². The van der Waals surface area contributed by atoms with E-state index in [-0.39, 0.29) is 0 Å². The number of H-pyrrole nitrogens is 1. The minimum absolute atomic E-state index is 0.306. The summed E-state index contributed by atoms with van der Waals surface area (Å²) in [5.74, 6) is 1.59. The largest absolute Gasteiger partial charge is 0.454 e. The van der Waals surface area contributed by atoms with Gasteiger partial charge in [0.25, 0.3) is 0 Å². The van der Waals surface area contributed by atoms with Gasteiger partial charge < -0.3 is 14.5 Å². The highest BCUT2D eigenvalue weighted by molar-refractivity contribution is 9.10. The van der Waals surface area contributed by atoms with Gasteiger partial charge in [0.05, 0.1) is 9.99 Å². The molecule has 0 amide bonds. The molecule has 2 aromatic rings. The van der Waals surface area contributed by atoms with Crippen molar-refractivity contribution in [2.75, 3.05) is 6.79 Å². The van der Waals surface area contributed by atoms with E-state index in [1.807, 2.05) is 18.3 Å². The number of ether oxygens (including phenoxy) is 2. The van der Waals surface area contributed by atoms with Crippen LogP contribution < -0.4 is 9.47 Å². The number of benzene rings is 1. The van der Waals surface area contributed by atoms with Crippen LogP contribution in [0.5, 0.6) is 11.5 Å². The second-order valence-electron chi connectivity index (χ2n) is 2.87. The third-order valence-electron chi connectivity index (χ3n) is 2.13. The monoisotopic (exact) mass is 239 g/mol. The fraction of sp³-hybridized carbons (Fsp3) is 0.111. The third-order valence-corrected chi connectivity index (χ3v) is 2.88. The Labute approximate surface area is 82.8 Å². The lowest BCUT2D eigenvalue weighted by Crippen LogP contribution is -1.93. The molecule has 1 N–H and O–H groups in total. The molecule has 0 fully saturated rings. The smallest absolute Gasteiger partial charge is 0.231 e. The highest BCUT2D eigenvalue weighted by Crippen LogP contribution is 2.43. The van der Waals surface area contributed by atoms with Gasteiger partial charge in [-0.1, -0.05) is 0 Å². The molecule has 0 atom stereocenters. The summed E-state index contributed by atoms with van der Waals surface area (Å²) in [4.78, 5) is 3.14. The van der Waals surface area contributed by atoms with Crippen LogP contribution in [0, 0.1) is 0 Å². The fourth-order valence-electron chi connectivity index (χ4n) is 1.51. The number of aromatic amines is 1. The average molecular weight is 240 g/mol. The molecule has 66 valence electrons. The van der Waals surface area contributed by atoms with Gasteiger partial charge in [-0.15, -0.1) is 0 Å². The summed E-state index contributed by atoms with van der Waals surface area (Å²) < 4.78 is 11.5. The molecule has 0 spiro atoms. The van der Waals surface area contributed by atoms with Crippen LogP contribution in [0.25, 0.3) is 10.9 Å². The zero-order valence-electron chi connectivity index (χ0n) is 6.63. The van der Waals surface area contributed by atoms with E-state index in [0.717, 1.165) is 26.9 Å². The number of hydrogen-bond donors (Lipinski definition) is 1. The number of halogens is 1. The Morgan fingerprint density at radius 1 is 1.38 bits per heavy atom. The quantitative estimate of drug-likeness (QED) is 0.768. The first-order valence-electron chi connectivity index (χ1n) is 3.91. The van der Waals surface area contributed by atoms with Crippen LogP contribution in [0.3, 0.4) is 0 Å². The Hall–Kier alpha value is -1.16. The van der Waals surface area contributed by atoms with E-state index in [9.17, 15) is 0 Å². The summed E-state index contributed by atoms with van der Waals surface area (Å²) in [7, 11) is 0. The van der Waals surface area contributed by atoms with Crippen molar-refractivity contribution >= 4 is 26.8 Å². The highest BCUT2D eigenvalue weighted by Gasteiger charge is 2.19. The van der Waals surface area contributed by atoms with Gasteiger partial charge in [0, 0.05) is 11.6 Å². The Balaban J connectivity index is 2.45. The zero-order valence-corrected chi connectivity index (χ0v) is 8.22. The first-order chi connectivity index (χ1) is 6.36. The second-order valence-corrected chi connectivity index (χ2v) is 3.66. The molecule has 1 aromatic heterocycles. The van der Waals surface area contributed by atoms with E-state index in [2.05, 4.69) is 20.9 Å². The lowest BCUT2D eigenvalue weighted by atomic mass is 10.2. The van der Waals surface area contributed by atoms with Crippen LogP contribution in [-0.2, 0) is 0 Å². The molecular weight excluding hydrogens is 234 g/mol. The van der Waals surface area contributed by atoms with Gasteiger partial charge in [-0.2, -0.15) is 0 Å². The van der Waals surface area contributed by atoms with Crippen LogP contribution in [-0.4, -0.2) is 11.8 Å². The van der Waals surface area contributed by atoms with Gasteiger partial charge in [-0.3, -0.25) is 0 Å². The van der Waals surface area contributed by atoms with Crippen LogP contribution >= 0.6 is 15.9 Å². The Morgan fingerprint density at radius 3 is 3.23 bits per heavy atom. The summed E-state index contributed by atoms with van der Waals surface area (Å²) >= 11 is 3.48. The molecule has 0 saturated heterocycles. The number of nitrogens with one attached hydrogen (secondary N) is 1. The normalized spacial score (nSPS) is 13.9. The Bertz CT molecular complexity index is 478. The maximum Gasteiger partial charge on any atom is 0.231 e. The zero-order chi connectivity index (χ0) is 8.84. The van der Waals surface area contributed by atoms with Crippen molar-refractivity contribution in [2.45, 2.75) is 0 Å². The fourth-order valence-corrected chi connectivity index (χ4v) is 2.17. The van der Waals surface area contributed by atoms with Crippen molar-refractivity contribution in [3.8, 4) is 11.5 Å². The number of rotatable bonds is 0. The molecule has 2 heterocycles. The van der Waals surface area contributed by atoms with Gasteiger partial charge in [0.15, 0.2) is 11.5 Å². The SMILES string of the molecule is Brc1c2c(cc3cc[nH]c13)OCO2. The lowest BCUT2D eigenvalue weighted by Gasteiger charge is -2.00. The van der Waals surface area contributed by atoms with Crippen molar-refractivity contribution in [1.82, 2.24) is 4.98 Å². The van der Waals surface area contributed by atoms with Crippen LogP contribution in [0.15, 0.2) is 22.8 Å². The topological polar surface area (TPSA) is 34.2 Å². The van der Waals surface area contributed by atoms with E-state index in [1.54, 1.807) is 0 Å². The molecule has 0 bridgehead atoms. The van der Waals surface area contributed by atoms with E-state index < -0.39 is 0 Å². The predicted octanol–water partition coefficient (Wildman–Crippen LogP) is 2.66. The van der Waals surface area contributed by atoms with E-state index in [1.165, 1.54) is 0 Å². The van der Waals surface area contributed by atoms with Crippen molar-refractivity contribution in [3.05, 3.63) is 22.8 Å². The number of fused-ring (bicyclic) bond motifs is 2. The van der Waals surface area contributed by atoms with Crippen LogP contribution in [0.1, 0.15) is 0 Å². The summed E-state index contributed by atoms with van der Waals surface area (Å²) in [5.41, 5.74) is 1.05. The molecule has 0 aliphatic carbocycles. The van der Waals surface area contributed by atoms with Crippen molar-refractivity contribution < 1.29 is 9.47 Å². The molecule has 1 aliphatic heterocycles. The first-order valence-corrected chi connectivity index (χ1v) is 4.71. The molecule has 13 heavy (non-hydrogen) atoms. The highest BCUT2D eigenvalue weighted by atomic mass is 79.9. The summed E-state index contributed by atoms with van der Waals surface area (Å²) in [6.45, 7) is 0.306. The molecule has 1 aromatic carbocycles. The van der Waals surface area contributed by atoms with E-state index >= 15 is 0 Å². The summed E-state index contributed by atoms with van der Waals surface area (Å²) in [6, 6.07) is 3.97. The van der Waals surface area contributed by atoms with Crippen molar-refractivity contribution in [1.29, 1.82) is 0 Å². The standard InChI is InChI=1S/C9H6BrNO2/c10-7-8-5(1-2-11-8)3-6-9(7)13-4-12-6/h1-3,11H,4H2. The van der Waals surface area contributed by atoms with Gasteiger partial charge in [-0.25, -0.2) is 0 Å². The van der Waals surface area contributed by atoms with E-state index in [4.69, 9.17) is 9.47 Å². The third kappa shape index (κ3) is 0.891. The molecule has 0 saturated carbocycles. The second kappa shape index (κ2) is 2.42. The lowest BCUT2D eigenvalue weighted by molar-refractivity contribution is 0.173. The molecular formula is C9H6BrNO2. The molecule has 4 heteroatoms. The van der Waals surface area contributed by atoms with E-state index in [0.29, 0.717) is 6.79 Å². The number of aromatic nitrogens is 1. The minimum Gasteiger partial charge on any atom is -0.454 e. The molecule has 1 aliphatic rings. The van der Waals surface area contributed by atoms with Crippen molar-refractivity contribution in [3.63, 3.8) is 0 Å². The predicted molar refractivity (Wildman–Crippen MR) is 52.1 cm³/mol. The maximum atomic E-state index is 5.32. The molecule has 3 nitrogen and oxygen atoms in total.